The Morgan fingerprint density at radius 3 is 2.24 bits per heavy atom. The number of rotatable bonds is 4. The molecule has 1 aromatic rings. The Hall–Kier alpha value is -0.870. The molecule has 0 heterocycles. The minimum absolute atomic E-state index is 0.335. The highest BCUT2D eigenvalue weighted by Gasteiger charge is 2.29. The number of nitrogens with two attached hydrogens (primary N) is 1. The van der Waals surface area contributed by atoms with Crippen LogP contribution >= 0.6 is 0 Å². The van der Waals surface area contributed by atoms with Crippen molar-refractivity contribution < 1.29 is 8.42 Å². The fourth-order valence-corrected chi connectivity index (χ4v) is 3.06. The lowest BCUT2D eigenvalue weighted by molar-refractivity contribution is 0.521. The van der Waals surface area contributed by atoms with Crippen LogP contribution < -0.4 is 5.73 Å². The highest BCUT2D eigenvalue weighted by molar-refractivity contribution is 7.92. The van der Waals surface area contributed by atoms with Crippen molar-refractivity contribution in [2.45, 2.75) is 43.3 Å². The monoisotopic (exact) mass is 255 g/mol. The van der Waals surface area contributed by atoms with Crippen molar-refractivity contribution in [1.82, 2.24) is 0 Å². The molecule has 17 heavy (non-hydrogen) atoms. The minimum atomic E-state index is -3.26. The summed E-state index contributed by atoms with van der Waals surface area (Å²) in [4.78, 5) is 0.408. The van der Waals surface area contributed by atoms with Gasteiger partial charge in [0.05, 0.1) is 10.1 Å². The summed E-state index contributed by atoms with van der Waals surface area (Å²) < 4.78 is 24.5. The molecule has 0 fully saturated rings. The highest BCUT2D eigenvalue weighted by atomic mass is 32.2. The topological polar surface area (TPSA) is 60.2 Å². The second-order valence-electron chi connectivity index (χ2n) is 5.18. The first-order chi connectivity index (χ1) is 7.73. The van der Waals surface area contributed by atoms with Crippen LogP contribution in [0.15, 0.2) is 29.2 Å². The van der Waals surface area contributed by atoms with E-state index < -0.39 is 15.1 Å². The van der Waals surface area contributed by atoms with Crippen LogP contribution in [-0.4, -0.2) is 20.2 Å². The molecule has 0 saturated carbocycles. The lowest BCUT2D eigenvalue weighted by Gasteiger charge is -2.26. The molecule has 0 aliphatic carbocycles. The lowest BCUT2D eigenvalue weighted by Crippen LogP contribution is -2.31. The van der Waals surface area contributed by atoms with Gasteiger partial charge in [-0.25, -0.2) is 8.42 Å². The van der Waals surface area contributed by atoms with Crippen LogP contribution in [0.25, 0.3) is 0 Å². The first-order valence-corrected chi connectivity index (χ1v) is 7.31. The summed E-state index contributed by atoms with van der Waals surface area (Å²) in [6, 6.07) is 7.13. The molecule has 0 amide bonds. The molecule has 1 aromatic carbocycles. The van der Waals surface area contributed by atoms with Crippen LogP contribution in [0, 0.1) is 0 Å². The molecule has 0 saturated heterocycles. The van der Waals surface area contributed by atoms with Crippen molar-refractivity contribution in [2.24, 2.45) is 5.73 Å². The van der Waals surface area contributed by atoms with Gasteiger partial charge in [0.2, 0.25) is 0 Å². The predicted molar refractivity (Wildman–Crippen MR) is 70.8 cm³/mol. The maximum Gasteiger partial charge on any atom is 0.180 e. The summed E-state index contributed by atoms with van der Waals surface area (Å²) in [5, 5.41) is -0.419. The van der Waals surface area contributed by atoms with Crippen LogP contribution in [-0.2, 0) is 15.3 Å². The van der Waals surface area contributed by atoms with Crippen LogP contribution in [0.4, 0.5) is 0 Å². The lowest BCUT2D eigenvalue weighted by atomic mass is 9.85. The van der Waals surface area contributed by atoms with E-state index in [1.54, 1.807) is 26.0 Å². The van der Waals surface area contributed by atoms with E-state index in [1.807, 2.05) is 26.0 Å². The number of hydrogen-bond acceptors (Lipinski definition) is 3. The number of sulfone groups is 1. The molecule has 0 bridgehead atoms. The molecule has 3 nitrogen and oxygen atoms in total. The van der Waals surface area contributed by atoms with Crippen molar-refractivity contribution in [2.75, 3.05) is 6.54 Å². The van der Waals surface area contributed by atoms with E-state index in [0.29, 0.717) is 11.4 Å². The molecule has 0 aromatic heterocycles. The Morgan fingerprint density at radius 2 is 1.76 bits per heavy atom. The molecule has 0 aliphatic heterocycles. The van der Waals surface area contributed by atoms with Crippen LogP contribution in [0.3, 0.4) is 0 Å². The first kappa shape index (κ1) is 14.2. The Morgan fingerprint density at radius 1 is 1.24 bits per heavy atom. The second-order valence-corrected chi connectivity index (χ2v) is 7.65. The smallest absolute Gasteiger partial charge is 0.180 e. The number of benzene rings is 1. The molecule has 0 spiro atoms. The predicted octanol–water partition coefficient (Wildman–Crippen LogP) is 2.10. The van der Waals surface area contributed by atoms with Gasteiger partial charge in [-0.3, -0.25) is 0 Å². The average Bonchev–Trinajstić information content (AvgIpc) is 2.29. The van der Waals surface area contributed by atoms with E-state index in [2.05, 4.69) is 0 Å². The molecular weight excluding hydrogens is 234 g/mol. The summed E-state index contributed by atoms with van der Waals surface area (Å²) in [6.45, 7) is 7.73. The molecule has 1 rings (SSSR count). The fourth-order valence-electron chi connectivity index (χ4n) is 1.64. The third-order valence-corrected chi connectivity index (χ3v) is 5.26. The van der Waals surface area contributed by atoms with Gasteiger partial charge in [-0.2, -0.15) is 0 Å². The Balaban J connectivity index is 3.48. The van der Waals surface area contributed by atoms with Gasteiger partial charge in [0, 0.05) is 12.0 Å². The standard InChI is InChI=1S/C13H21NO2S/c1-10(2)17(15,16)12-8-6-5-7-11(12)13(3,4)9-14/h5-8,10H,9,14H2,1-4H3. The highest BCUT2D eigenvalue weighted by Crippen LogP contribution is 2.30. The van der Waals surface area contributed by atoms with Crippen LogP contribution in [0.5, 0.6) is 0 Å². The molecule has 0 unspecified atom stereocenters. The quantitative estimate of drug-likeness (QED) is 0.896. The van der Waals surface area contributed by atoms with Gasteiger partial charge < -0.3 is 5.73 Å². The normalized spacial score (nSPS) is 13.1. The Labute approximate surface area is 104 Å². The van der Waals surface area contributed by atoms with Crippen molar-refractivity contribution >= 4 is 9.84 Å². The van der Waals surface area contributed by atoms with Crippen molar-refractivity contribution in [3.8, 4) is 0 Å². The van der Waals surface area contributed by atoms with E-state index in [0.717, 1.165) is 5.56 Å². The number of hydrogen-bond donors (Lipinski definition) is 1. The maximum atomic E-state index is 12.3. The van der Waals surface area contributed by atoms with E-state index in [9.17, 15) is 8.42 Å². The molecule has 0 aliphatic rings. The van der Waals surface area contributed by atoms with Gasteiger partial charge in [-0.05, 0) is 25.5 Å². The van der Waals surface area contributed by atoms with Crippen molar-refractivity contribution in [3.05, 3.63) is 29.8 Å². The summed E-state index contributed by atoms with van der Waals surface area (Å²) in [5.41, 5.74) is 6.20. The molecule has 4 heteroatoms. The fraction of sp³-hybridized carbons (Fsp3) is 0.538. The van der Waals surface area contributed by atoms with Gasteiger partial charge >= 0.3 is 0 Å². The van der Waals surface area contributed by atoms with E-state index in [1.165, 1.54) is 0 Å². The largest absolute Gasteiger partial charge is 0.330 e. The third kappa shape index (κ3) is 2.69. The van der Waals surface area contributed by atoms with Gasteiger partial charge in [0.25, 0.3) is 0 Å². The second kappa shape index (κ2) is 4.78. The van der Waals surface area contributed by atoms with E-state index in [-0.39, 0.29) is 5.41 Å². The van der Waals surface area contributed by atoms with Crippen molar-refractivity contribution in [1.29, 1.82) is 0 Å². The maximum absolute atomic E-state index is 12.3. The molecule has 0 atom stereocenters. The van der Waals surface area contributed by atoms with Gasteiger partial charge in [0.1, 0.15) is 0 Å². The zero-order valence-corrected chi connectivity index (χ0v) is 11.7. The summed E-state index contributed by atoms with van der Waals surface area (Å²) in [7, 11) is -3.26. The Kier molecular flexibility index (Phi) is 3.99. The summed E-state index contributed by atoms with van der Waals surface area (Å²) >= 11 is 0. The molecular formula is C13H21NO2S. The van der Waals surface area contributed by atoms with Crippen LogP contribution in [0.2, 0.25) is 0 Å². The zero-order chi connectivity index (χ0) is 13.3. The zero-order valence-electron chi connectivity index (χ0n) is 10.9. The van der Waals surface area contributed by atoms with Crippen LogP contribution in [0.1, 0.15) is 33.3 Å². The van der Waals surface area contributed by atoms with Crippen molar-refractivity contribution in [3.63, 3.8) is 0 Å². The van der Waals surface area contributed by atoms with E-state index >= 15 is 0 Å². The minimum Gasteiger partial charge on any atom is -0.330 e. The van der Waals surface area contributed by atoms with Gasteiger partial charge in [-0.1, -0.05) is 32.0 Å². The summed E-state index contributed by atoms with van der Waals surface area (Å²) in [5.74, 6) is 0. The van der Waals surface area contributed by atoms with Gasteiger partial charge in [-0.15, -0.1) is 0 Å². The summed E-state index contributed by atoms with van der Waals surface area (Å²) in [6.07, 6.45) is 0. The van der Waals surface area contributed by atoms with Gasteiger partial charge in [0.15, 0.2) is 9.84 Å². The first-order valence-electron chi connectivity index (χ1n) is 5.77. The average molecular weight is 255 g/mol. The molecule has 0 radical (unpaired) electrons. The Bertz CT molecular complexity index is 490. The molecule has 2 N–H and O–H groups in total. The third-order valence-electron chi connectivity index (χ3n) is 3.05. The SMILES string of the molecule is CC(C)S(=O)(=O)c1ccccc1C(C)(C)CN. The molecule has 96 valence electrons. The van der Waals surface area contributed by atoms with E-state index in [4.69, 9.17) is 5.73 Å².